The van der Waals surface area contributed by atoms with Crippen molar-refractivity contribution in [2.75, 3.05) is 0 Å². The van der Waals surface area contributed by atoms with Gasteiger partial charge in [0.15, 0.2) is 0 Å². The molecule has 0 saturated heterocycles. The molecule has 1 unspecified atom stereocenters. The van der Waals surface area contributed by atoms with Crippen LogP contribution in [0.4, 0.5) is 0 Å². The third-order valence-corrected chi connectivity index (χ3v) is 3.04. The van der Waals surface area contributed by atoms with Gasteiger partial charge in [0.2, 0.25) is 0 Å². The summed E-state index contributed by atoms with van der Waals surface area (Å²) in [6.45, 7) is 2.12. The molecule has 0 aromatic rings. The quantitative estimate of drug-likeness (QED) is 0.332. The van der Waals surface area contributed by atoms with E-state index in [1.807, 2.05) is 0 Å². The van der Waals surface area contributed by atoms with Gasteiger partial charge in [-0.2, -0.15) is 0 Å². The zero-order valence-corrected chi connectivity index (χ0v) is 13.5. The normalized spacial score (nSPS) is 13.3. The maximum Gasteiger partial charge on any atom is 1.00 e. The zero-order chi connectivity index (χ0) is 11.0. The van der Waals surface area contributed by atoms with Crippen molar-refractivity contribution < 1.29 is 69.5 Å². The van der Waals surface area contributed by atoms with Gasteiger partial charge in [0.25, 0.3) is 0 Å². The Kier molecular flexibility index (Phi) is 13.4. The third-order valence-electron chi connectivity index (χ3n) is 2.14. The molecule has 0 aliphatic heterocycles. The molecule has 15 heavy (non-hydrogen) atoms. The number of unbranched alkanes of at least 4 members (excludes halogenated alkanes) is 5. The van der Waals surface area contributed by atoms with Crippen LogP contribution in [0.2, 0.25) is 0 Å². The average Bonchev–Trinajstić information content (AvgIpc) is 2.09. The molecule has 4 nitrogen and oxygen atoms in total. The van der Waals surface area contributed by atoms with Gasteiger partial charge < -0.3 is 9.66 Å². The summed E-state index contributed by atoms with van der Waals surface area (Å²) >= 11 is 0. The second kappa shape index (κ2) is 10.6. The molecule has 0 bridgehead atoms. The Morgan fingerprint density at radius 3 is 2.07 bits per heavy atom. The molecule has 86 valence electrons. The van der Waals surface area contributed by atoms with E-state index in [2.05, 4.69) is 6.92 Å². The molecule has 0 spiro atoms. The molecule has 0 aromatic heterocycles. The minimum atomic E-state index is -4.49. The first-order valence-electron chi connectivity index (χ1n) is 5.11. The minimum absolute atomic E-state index is 0. The van der Waals surface area contributed by atoms with Crippen molar-refractivity contribution in [3.8, 4) is 0 Å². The van der Waals surface area contributed by atoms with Crippen molar-refractivity contribution in [3.63, 3.8) is 0 Å². The van der Waals surface area contributed by atoms with Crippen LogP contribution in [-0.4, -0.2) is 23.5 Å². The average molecular weight is 262 g/mol. The predicted octanol–water partition coefficient (Wildman–Crippen LogP) is -1.40. The Hall–Kier alpha value is 1.51. The van der Waals surface area contributed by atoms with Crippen molar-refractivity contribution in [1.82, 2.24) is 0 Å². The Morgan fingerprint density at radius 1 is 1.13 bits per heavy atom. The third kappa shape index (κ3) is 11.8. The summed E-state index contributed by atoms with van der Waals surface area (Å²) in [5.41, 5.74) is -1.71. The second-order valence-corrected chi connectivity index (χ2v) is 5.03. The van der Waals surface area contributed by atoms with Crippen LogP contribution >= 0.6 is 0 Å². The van der Waals surface area contributed by atoms with Gasteiger partial charge in [-0.1, -0.05) is 39.0 Å². The Bertz CT molecular complexity index is 228. The standard InChI is InChI=1S/C9H20O4S.K/c1-2-3-4-5-6-7-8-9(10)14(11,12)13;/h9-10H,2-8H2,1H3,(H,11,12,13);/q;+1/p-1. The summed E-state index contributed by atoms with van der Waals surface area (Å²) in [6, 6.07) is 0. The van der Waals surface area contributed by atoms with Crippen molar-refractivity contribution in [2.45, 2.75) is 57.3 Å². The van der Waals surface area contributed by atoms with E-state index in [0.717, 1.165) is 25.7 Å². The predicted molar refractivity (Wildman–Crippen MR) is 53.7 cm³/mol. The van der Waals surface area contributed by atoms with E-state index in [1.54, 1.807) is 0 Å². The fraction of sp³-hybridized carbons (Fsp3) is 1.00. The summed E-state index contributed by atoms with van der Waals surface area (Å²) < 4.78 is 30.9. The smallest absolute Gasteiger partial charge is 0.746 e. The topological polar surface area (TPSA) is 77.4 Å². The summed E-state index contributed by atoms with van der Waals surface area (Å²) in [4.78, 5) is 0. The van der Waals surface area contributed by atoms with Gasteiger partial charge >= 0.3 is 51.4 Å². The van der Waals surface area contributed by atoms with E-state index >= 15 is 0 Å². The number of aliphatic hydroxyl groups is 1. The van der Waals surface area contributed by atoms with Gasteiger partial charge in [-0.25, -0.2) is 8.42 Å². The molecular formula is C9H19KO4S. The van der Waals surface area contributed by atoms with E-state index in [0.29, 0.717) is 6.42 Å². The summed E-state index contributed by atoms with van der Waals surface area (Å²) in [5.74, 6) is 0. The molecule has 0 radical (unpaired) electrons. The number of aliphatic hydroxyl groups excluding tert-OH is 1. The Labute approximate surface area is 135 Å². The number of hydrogen-bond acceptors (Lipinski definition) is 4. The van der Waals surface area contributed by atoms with Crippen LogP contribution in [0.3, 0.4) is 0 Å². The van der Waals surface area contributed by atoms with Gasteiger partial charge in [-0.3, -0.25) is 0 Å². The molecule has 0 aliphatic rings. The van der Waals surface area contributed by atoms with Gasteiger partial charge in [0.1, 0.15) is 15.6 Å². The van der Waals surface area contributed by atoms with Gasteiger partial charge in [-0.05, 0) is 12.8 Å². The zero-order valence-electron chi connectivity index (χ0n) is 9.61. The van der Waals surface area contributed by atoms with Gasteiger partial charge in [0.05, 0.1) is 0 Å². The maximum absolute atomic E-state index is 10.3. The van der Waals surface area contributed by atoms with Crippen LogP contribution < -0.4 is 51.4 Å². The summed E-state index contributed by atoms with van der Waals surface area (Å²) in [6.07, 6.45) is 6.08. The fourth-order valence-corrected chi connectivity index (χ4v) is 1.70. The van der Waals surface area contributed by atoms with Crippen LogP contribution in [0.25, 0.3) is 0 Å². The van der Waals surface area contributed by atoms with Crippen molar-refractivity contribution in [3.05, 3.63) is 0 Å². The second-order valence-electron chi connectivity index (χ2n) is 3.50. The molecule has 0 saturated carbocycles. The molecule has 0 aromatic carbocycles. The Balaban J connectivity index is 0. The monoisotopic (exact) mass is 262 g/mol. The van der Waals surface area contributed by atoms with Crippen LogP contribution in [0, 0.1) is 0 Å². The van der Waals surface area contributed by atoms with Crippen LogP contribution in [0.5, 0.6) is 0 Å². The van der Waals surface area contributed by atoms with Gasteiger partial charge in [0, 0.05) is 0 Å². The van der Waals surface area contributed by atoms with E-state index in [-0.39, 0.29) is 57.8 Å². The first-order valence-corrected chi connectivity index (χ1v) is 6.58. The van der Waals surface area contributed by atoms with E-state index in [9.17, 15) is 13.0 Å². The van der Waals surface area contributed by atoms with Crippen molar-refractivity contribution in [1.29, 1.82) is 0 Å². The molecule has 1 atom stereocenters. The van der Waals surface area contributed by atoms with E-state index < -0.39 is 15.6 Å². The van der Waals surface area contributed by atoms with Crippen LogP contribution in [0.1, 0.15) is 51.9 Å². The molecule has 1 N–H and O–H groups in total. The first kappa shape index (κ1) is 18.9. The van der Waals surface area contributed by atoms with Crippen LogP contribution in [-0.2, 0) is 10.1 Å². The van der Waals surface area contributed by atoms with Crippen LogP contribution in [0.15, 0.2) is 0 Å². The fourth-order valence-electron chi connectivity index (χ4n) is 1.24. The number of rotatable bonds is 8. The maximum atomic E-state index is 10.3. The van der Waals surface area contributed by atoms with E-state index in [1.165, 1.54) is 6.42 Å². The van der Waals surface area contributed by atoms with Crippen molar-refractivity contribution in [2.24, 2.45) is 0 Å². The molecule has 0 aliphatic carbocycles. The van der Waals surface area contributed by atoms with Crippen molar-refractivity contribution >= 4 is 10.1 Å². The number of hydrogen-bond donors (Lipinski definition) is 1. The SMILES string of the molecule is CCCCCCCCC(O)S(=O)(=O)[O-].[K+]. The summed E-state index contributed by atoms with van der Waals surface area (Å²) in [7, 11) is -4.49. The first-order chi connectivity index (χ1) is 6.48. The molecule has 0 fully saturated rings. The molecular weight excluding hydrogens is 243 g/mol. The summed E-state index contributed by atoms with van der Waals surface area (Å²) in [5, 5.41) is 8.89. The van der Waals surface area contributed by atoms with E-state index in [4.69, 9.17) is 5.11 Å². The minimum Gasteiger partial charge on any atom is -0.746 e. The molecule has 6 heteroatoms. The largest absolute Gasteiger partial charge is 1.00 e. The molecule has 0 rings (SSSR count). The Morgan fingerprint density at radius 2 is 1.60 bits per heavy atom. The molecule has 0 amide bonds. The van der Waals surface area contributed by atoms with Gasteiger partial charge in [-0.15, -0.1) is 0 Å². The molecule has 0 heterocycles.